The summed E-state index contributed by atoms with van der Waals surface area (Å²) in [5.41, 5.74) is 7.98. The maximum absolute atomic E-state index is 12.2. The molecule has 2 N–H and O–H groups in total. The lowest BCUT2D eigenvalue weighted by atomic mass is 9.83. The summed E-state index contributed by atoms with van der Waals surface area (Å²) >= 11 is 1.30. The van der Waals surface area contributed by atoms with Gasteiger partial charge in [-0.1, -0.05) is 24.3 Å². The third-order valence-electron chi connectivity index (χ3n) is 4.63. The molecule has 30 heavy (non-hydrogen) atoms. The third-order valence-corrected chi connectivity index (χ3v) is 5.48. The fraction of sp³-hybridized carbons (Fsp3) is 0.130. The molecule has 2 heterocycles. The number of fused-ring (bicyclic) bond motifs is 1. The number of nitriles is 1. The minimum Gasteiger partial charge on any atom is -0.494 e. The number of carbonyl (C=O) groups excluding carboxylic acids is 1. The van der Waals surface area contributed by atoms with E-state index in [1.807, 2.05) is 36.6 Å². The number of nitrogens with zero attached hydrogens (tertiary/aromatic N) is 1. The molecular weight excluding hydrogens is 400 g/mol. The van der Waals surface area contributed by atoms with Gasteiger partial charge in [-0.3, -0.25) is 0 Å². The molecular formula is C23H18N2O4S. The van der Waals surface area contributed by atoms with Crippen LogP contribution in [0.25, 0.3) is 0 Å². The monoisotopic (exact) mass is 418 g/mol. The van der Waals surface area contributed by atoms with Crippen molar-refractivity contribution < 1.29 is 19.0 Å². The lowest BCUT2D eigenvalue weighted by molar-refractivity contribution is 0.0739. The summed E-state index contributed by atoms with van der Waals surface area (Å²) < 4.78 is 16.7. The largest absolute Gasteiger partial charge is 0.494 e. The van der Waals surface area contributed by atoms with Gasteiger partial charge in [0.25, 0.3) is 0 Å². The van der Waals surface area contributed by atoms with Gasteiger partial charge in [-0.2, -0.15) is 5.26 Å². The van der Waals surface area contributed by atoms with Gasteiger partial charge in [-0.05, 0) is 42.1 Å². The topological polar surface area (TPSA) is 94.6 Å². The highest BCUT2D eigenvalue weighted by Crippen LogP contribution is 2.44. The summed E-state index contributed by atoms with van der Waals surface area (Å²) in [6, 6.07) is 18.3. The summed E-state index contributed by atoms with van der Waals surface area (Å²) in [5.74, 6) is 0.653. The molecule has 0 radical (unpaired) electrons. The molecule has 0 amide bonds. The van der Waals surface area contributed by atoms with Gasteiger partial charge in [0, 0.05) is 11.6 Å². The molecule has 0 fully saturated rings. The number of nitrogens with two attached hydrogens (primary N) is 1. The van der Waals surface area contributed by atoms with E-state index >= 15 is 0 Å². The summed E-state index contributed by atoms with van der Waals surface area (Å²) in [5, 5.41) is 11.5. The molecule has 0 spiro atoms. The normalized spacial score (nSPS) is 15.0. The lowest BCUT2D eigenvalue weighted by Crippen LogP contribution is -2.21. The Labute approximate surface area is 177 Å². The highest BCUT2D eigenvalue weighted by molar-refractivity contribution is 7.12. The molecule has 1 atom stereocenters. The van der Waals surface area contributed by atoms with E-state index in [0.717, 1.165) is 11.1 Å². The molecule has 7 heteroatoms. The van der Waals surface area contributed by atoms with Crippen LogP contribution < -0.4 is 19.9 Å². The van der Waals surface area contributed by atoms with Crippen LogP contribution in [0.1, 0.15) is 33.6 Å². The number of carbonyl (C=O) groups is 1. The zero-order chi connectivity index (χ0) is 21.1. The molecule has 0 saturated carbocycles. The Balaban J connectivity index is 1.71. The van der Waals surface area contributed by atoms with Crippen molar-refractivity contribution in [3.63, 3.8) is 0 Å². The molecule has 4 rings (SSSR count). The molecule has 1 aliphatic heterocycles. The first-order valence-corrected chi connectivity index (χ1v) is 10.2. The Morgan fingerprint density at radius 3 is 2.80 bits per heavy atom. The molecule has 1 aromatic heterocycles. The molecule has 150 valence electrons. The van der Waals surface area contributed by atoms with Crippen LogP contribution >= 0.6 is 11.3 Å². The first kappa shape index (κ1) is 19.6. The van der Waals surface area contributed by atoms with Crippen molar-refractivity contribution in [2.75, 3.05) is 6.61 Å². The molecule has 0 bridgehead atoms. The molecule has 2 aromatic carbocycles. The van der Waals surface area contributed by atoms with E-state index in [1.54, 1.807) is 30.3 Å². The maximum atomic E-state index is 12.2. The van der Waals surface area contributed by atoms with Crippen molar-refractivity contribution in [1.29, 1.82) is 5.26 Å². The average Bonchev–Trinajstić information content (AvgIpc) is 3.28. The number of hydrogen-bond acceptors (Lipinski definition) is 7. The van der Waals surface area contributed by atoms with Crippen LogP contribution in [0, 0.1) is 11.3 Å². The molecule has 1 unspecified atom stereocenters. The minimum atomic E-state index is -0.442. The maximum Gasteiger partial charge on any atom is 0.353 e. The second-order valence-electron chi connectivity index (χ2n) is 6.50. The first-order chi connectivity index (χ1) is 14.6. The Hall–Kier alpha value is -3.76. The number of rotatable bonds is 5. The van der Waals surface area contributed by atoms with Crippen LogP contribution in [0.3, 0.4) is 0 Å². The zero-order valence-electron chi connectivity index (χ0n) is 16.1. The number of ether oxygens (including phenoxy) is 3. The second kappa shape index (κ2) is 8.31. The van der Waals surface area contributed by atoms with Crippen LogP contribution in [0.15, 0.2) is 71.4 Å². The Bertz CT molecular complexity index is 1160. The number of thiophene rings is 1. The number of allylic oxidation sites excluding steroid dienone is 1. The van der Waals surface area contributed by atoms with E-state index < -0.39 is 11.9 Å². The van der Waals surface area contributed by atoms with Crippen molar-refractivity contribution >= 4 is 17.3 Å². The molecule has 0 aliphatic carbocycles. The van der Waals surface area contributed by atoms with Crippen LogP contribution in [0.2, 0.25) is 0 Å². The quantitative estimate of drug-likeness (QED) is 0.481. The van der Waals surface area contributed by atoms with Gasteiger partial charge in [0.2, 0.25) is 5.88 Å². The summed E-state index contributed by atoms with van der Waals surface area (Å²) in [6.45, 7) is 2.45. The standard InChI is InChI=1S/C23H18N2O4S/c1-2-27-15-6-3-5-14(11-15)21-17-9-8-16(28-23(26)20-7-4-10-30-20)12-19(17)29-22(25)18(21)13-24/h3-12,21H,2,25H2,1H3. The SMILES string of the molecule is CCOc1cccc(C2C(C#N)=C(N)Oc3cc(OC(=O)c4cccs4)ccc32)c1. The Morgan fingerprint density at radius 2 is 2.07 bits per heavy atom. The number of hydrogen-bond donors (Lipinski definition) is 1. The number of benzene rings is 2. The zero-order valence-corrected chi connectivity index (χ0v) is 16.9. The van der Waals surface area contributed by atoms with Crippen LogP contribution in [0.5, 0.6) is 17.2 Å². The third kappa shape index (κ3) is 3.73. The van der Waals surface area contributed by atoms with E-state index in [2.05, 4.69) is 6.07 Å². The van der Waals surface area contributed by atoms with Gasteiger partial charge >= 0.3 is 5.97 Å². The molecule has 1 aliphatic rings. The van der Waals surface area contributed by atoms with Crippen LogP contribution in [-0.2, 0) is 0 Å². The summed E-state index contributed by atoms with van der Waals surface area (Å²) in [7, 11) is 0. The highest BCUT2D eigenvalue weighted by atomic mass is 32.1. The van der Waals surface area contributed by atoms with Crippen molar-refractivity contribution in [3.05, 3.63) is 87.4 Å². The average molecular weight is 418 g/mol. The van der Waals surface area contributed by atoms with E-state index in [9.17, 15) is 10.1 Å². The van der Waals surface area contributed by atoms with Crippen molar-refractivity contribution in [2.24, 2.45) is 5.73 Å². The van der Waals surface area contributed by atoms with Crippen molar-refractivity contribution in [1.82, 2.24) is 0 Å². The van der Waals surface area contributed by atoms with E-state index in [1.165, 1.54) is 11.3 Å². The van der Waals surface area contributed by atoms with Gasteiger partial charge in [-0.25, -0.2) is 4.79 Å². The molecule has 3 aromatic rings. The number of esters is 1. The minimum absolute atomic E-state index is 0.0264. The van der Waals surface area contributed by atoms with E-state index in [0.29, 0.717) is 34.3 Å². The lowest BCUT2D eigenvalue weighted by Gasteiger charge is -2.27. The first-order valence-electron chi connectivity index (χ1n) is 9.30. The van der Waals surface area contributed by atoms with Gasteiger partial charge < -0.3 is 19.9 Å². The highest BCUT2D eigenvalue weighted by Gasteiger charge is 2.31. The summed E-state index contributed by atoms with van der Waals surface area (Å²) in [4.78, 5) is 12.8. The van der Waals surface area contributed by atoms with Crippen LogP contribution in [0.4, 0.5) is 0 Å². The summed E-state index contributed by atoms with van der Waals surface area (Å²) in [6.07, 6.45) is 0. The van der Waals surface area contributed by atoms with Crippen molar-refractivity contribution in [2.45, 2.75) is 12.8 Å². The fourth-order valence-corrected chi connectivity index (χ4v) is 3.94. The Morgan fingerprint density at radius 1 is 1.20 bits per heavy atom. The molecule has 6 nitrogen and oxygen atoms in total. The second-order valence-corrected chi connectivity index (χ2v) is 7.44. The van der Waals surface area contributed by atoms with Crippen LogP contribution in [-0.4, -0.2) is 12.6 Å². The van der Waals surface area contributed by atoms with Gasteiger partial charge in [0.1, 0.15) is 33.8 Å². The predicted octanol–water partition coefficient (Wildman–Crippen LogP) is 4.58. The van der Waals surface area contributed by atoms with Gasteiger partial charge in [-0.15, -0.1) is 11.3 Å². The van der Waals surface area contributed by atoms with Gasteiger partial charge in [0.15, 0.2) is 0 Å². The molecule has 0 saturated heterocycles. The Kier molecular flexibility index (Phi) is 5.42. The fourth-order valence-electron chi connectivity index (χ4n) is 3.34. The smallest absolute Gasteiger partial charge is 0.353 e. The van der Waals surface area contributed by atoms with E-state index in [4.69, 9.17) is 19.9 Å². The van der Waals surface area contributed by atoms with E-state index in [-0.39, 0.29) is 5.88 Å². The van der Waals surface area contributed by atoms with Crippen molar-refractivity contribution in [3.8, 4) is 23.3 Å². The predicted molar refractivity (Wildman–Crippen MR) is 113 cm³/mol. The van der Waals surface area contributed by atoms with Gasteiger partial charge in [0.05, 0.1) is 12.5 Å².